The maximum Gasteiger partial charge on any atom is 0.235 e. The van der Waals surface area contributed by atoms with E-state index >= 15 is 0 Å². The summed E-state index contributed by atoms with van der Waals surface area (Å²) < 4.78 is 22.2. The zero-order valence-electron chi connectivity index (χ0n) is 8.28. The summed E-state index contributed by atoms with van der Waals surface area (Å²) in [5.74, 6) is 1.69. The maximum absolute atomic E-state index is 11.1. The molecule has 0 aliphatic heterocycles. The van der Waals surface area contributed by atoms with E-state index in [9.17, 15) is 8.42 Å². The van der Waals surface area contributed by atoms with Crippen LogP contribution >= 0.6 is 10.7 Å². The summed E-state index contributed by atoms with van der Waals surface area (Å²) >= 11 is 0. The Bertz CT molecular complexity index is 287. The lowest BCUT2D eigenvalue weighted by Gasteiger charge is -2.37. The van der Waals surface area contributed by atoms with Gasteiger partial charge in [0.15, 0.2) is 0 Å². The number of hydrogen-bond donors (Lipinski definition) is 0. The molecule has 2 fully saturated rings. The Labute approximate surface area is 90.4 Å². The van der Waals surface area contributed by atoms with E-state index < -0.39 is 9.05 Å². The van der Waals surface area contributed by atoms with Crippen molar-refractivity contribution in [1.82, 2.24) is 0 Å². The van der Waals surface area contributed by atoms with Crippen molar-refractivity contribution >= 4 is 19.7 Å². The normalized spacial score (nSPS) is 35.2. The molecule has 0 aromatic carbocycles. The van der Waals surface area contributed by atoms with Gasteiger partial charge in [0.05, 0.1) is 5.25 Å². The van der Waals surface area contributed by atoms with Crippen molar-refractivity contribution < 1.29 is 8.42 Å². The maximum atomic E-state index is 11.1. The van der Waals surface area contributed by atoms with Gasteiger partial charge in [-0.15, -0.1) is 0 Å². The van der Waals surface area contributed by atoms with Gasteiger partial charge in [-0.25, -0.2) is 8.42 Å². The average Bonchev–Trinajstić information content (AvgIpc) is 2.00. The van der Waals surface area contributed by atoms with Gasteiger partial charge in [-0.05, 0) is 37.5 Å². The lowest BCUT2D eigenvalue weighted by molar-refractivity contribution is 0.163. The van der Waals surface area contributed by atoms with Crippen LogP contribution in [0, 0.1) is 11.8 Å². The Hall–Kier alpha value is 0.240. The average molecular weight is 237 g/mol. The minimum atomic E-state index is -3.29. The van der Waals surface area contributed by atoms with Crippen LogP contribution in [0.2, 0.25) is 0 Å². The van der Waals surface area contributed by atoms with Crippen LogP contribution in [0.5, 0.6) is 0 Å². The van der Waals surface area contributed by atoms with Crippen LogP contribution in [0.3, 0.4) is 0 Å². The molecule has 2 aliphatic rings. The van der Waals surface area contributed by atoms with E-state index in [4.69, 9.17) is 10.7 Å². The molecule has 0 heterocycles. The second-order valence-electron chi connectivity index (χ2n) is 4.70. The molecule has 0 aromatic heterocycles. The molecule has 0 spiro atoms. The lowest BCUT2D eigenvalue weighted by atomic mass is 9.70. The number of hydrogen-bond acceptors (Lipinski definition) is 2. The summed E-state index contributed by atoms with van der Waals surface area (Å²) in [5.41, 5.74) is 0. The second kappa shape index (κ2) is 4.01. The van der Waals surface area contributed by atoms with Crippen molar-refractivity contribution in [1.29, 1.82) is 0 Å². The van der Waals surface area contributed by atoms with E-state index in [-0.39, 0.29) is 5.25 Å². The van der Waals surface area contributed by atoms with Crippen molar-refractivity contribution in [3.63, 3.8) is 0 Å². The lowest BCUT2D eigenvalue weighted by Crippen LogP contribution is -2.30. The van der Waals surface area contributed by atoms with Gasteiger partial charge < -0.3 is 0 Å². The Morgan fingerprint density at radius 2 is 1.36 bits per heavy atom. The Balaban J connectivity index is 1.85. The Morgan fingerprint density at radius 3 is 1.71 bits per heavy atom. The first-order chi connectivity index (χ1) is 6.57. The molecule has 0 amide bonds. The largest absolute Gasteiger partial charge is 0.235 e. The fraction of sp³-hybridized carbons (Fsp3) is 1.00. The van der Waals surface area contributed by atoms with E-state index in [1.54, 1.807) is 0 Å². The SMILES string of the molecule is O=S(=O)(Cl)C1CCC(C2CCC2)CC1. The van der Waals surface area contributed by atoms with Crippen LogP contribution in [-0.2, 0) is 9.05 Å². The zero-order valence-corrected chi connectivity index (χ0v) is 9.86. The molecule has 2 aliphatic carbocycles. The molecule has 0 radical (unpaired) electrons. The minimum absolute atomic E-state index is 0.263. The van der Waals surface area contributed by atoms with Gasteiger partial charge in [-0.2, -0.15) is 0 Å². The quantitative estimate of drug-likeness (QED) is 0.691. The van der Waals surface area contributed by atoms with E-state index in [1.165, 1.54) is 19.3 Å². The smallest absolute Gasteiger partial charge is 0.212 e. The first-order valence-corrected chi connectivity index (χ1v) is 7.88. The van der Waals surface area contributed by atoms with Crippen LogP contribution in [0.25, 0.3) is 0 Å². The second-order valence-corrected chi connectivity index (χ2v) is 7.61. The molecule has 0 aromatic rings. The summed E-state index contributed by atoms with van der Waals surface area (Å²) in [5, 5.41) is -0.263. The van der Waals surface area contributed by atoms with E-state index in [0.29, 0.717) is 0 Å². The van der Waals surface area contributed by atoms with Crippen LogP contribution in [0.15, 0.2) is 0 Å². The molecule has 2 rings (SSSR count). The van der Waals surface area contributed by atoms with Crippen molar-refractivity contribution in [2.45, 2.75) is 50.2 Å². The molecule has 0 bridgehead atoms. The Kier molecular flexibility index (Phi) is 3.08. The third kappa shape index (κ3) is 2.25. The predicted molar refractivity (Wildman–Crippen MR) is 57.9 cm³/mol. The highest BCUT2D eigenvalue weighted by Gasteiger charge is 2.34. The highest BCUT2D eigenvalue weighted by molar-refractivity contribution is 8.14. The van der Waals surface area contributed by atoms with Crippen molar-refractivity contribution in [3.05, 3.63) is 0 Å². The van der Waals surface area contributed by atoms with E-state index in [1.807, 2.05) is 0 Å². The van der Waals surface area contributed by atoms with Gasteiger partial charge in [0, 0.05) is 10.7 Å². The summed E-state index contributed by atoms with van der Waals surface area (Å²) in [6.07, 6.45) is 7.81. The van der Waals surface area contributed by atoms with E-state index in [0.717, 1.165) is 37.5 Å². The fourth-order valence-corrected chi connectivity index (χ4v) is 4.12. The molecule has 0 saturated heterocycles. The molecule has 2 nitrogen and oxygen atoms in total. The molecule has 0 atom stereocenters. The van der Waals surface area contributed by atoms with Gasteiger partial charge in [0.25, 0.3) is 0 Å². The van der Waals surface area contributed by atoms with Crippen LogP contribution < -0.4 is 0 Å². The standard InChI is InChI=1S/C10H17ClO2S/c11-14(12,13)10-6-4-9(5-7-10)8-2-1-3-8/h8-10H,1-7H2. The monoisotopic (exact) mass is 236 g/mol. The van der Waals surface area contributed by atoms with Gasteiger partial charge >= 0.3 is 0 Å². The summed E-state index contributed by atoms with van der Waals surface area (Å²) in [6, 6.07) is 0. The highest BCUT2D eigenvalue weighted by atomic mass is 35.7. The molecule has 2 saturated carbocycles. The highest BCUT2D eigenvalue weighted by Crippen LogP contribution is 2.42. The van der Waals surface area contributed by atoms with Gasteiger partial charge in [0.1, 0.15) is 0 Å². The molecule has 0 unspecified atom stereocenters. The molecule has 4 heteroatoms. The van der Waals surface area contributed by atoms with Crippen molar-refractivity contribution in [2.24, 2.45) is 11.8 Å². The third-order valence-corrected chi connectivity index (χ3v) is 5.96. The van der Waals surface area contributed by atoms with Gasteiger partial charge in [-0.3, -0.25) is 0 Å². The summed E-state index contributed by atoms with van der Waals surface area (Å²) in [4.78, 5) is 0. The summed E-state index contributed by atoms with van der Waals surface area (Å²) in [7, 11) is 2.07. The topological polar surface area (TPSA) is 34.1 Å². The first kappa shape index (κ1) is 10.7. The Morgan fingerprint density at radius 1 is 0.857 bits per heavy atom. The first-order valence-electron chi connectivity index (χ1n) is 5.51. The third-order valence-electron chi connectivity index (χ3n) is 3.93. The van der Waals surface area contributed by atoms with Gasteiger partial charge in [-0.1, -0.05) is 19.3 Å². The number of halogens is 1. The van der Waals surface area contributed by atoms with Crippen LogP contribution in [0.4, 0.5) is 0 Å². The predicted octanol–water partition coefficient (Wildman–Crippen LogP) is 2.91. The molecule has 0 N–H and O–H groups in total. The molecular formula is C10H17ClO2S. The van der Waals surface area contributed by atoms with Crippen LogP contribution in [0.1, 0.15) is 44.9 Å². The molecule has 14 heavy (non-hydrogen) atoms. The van der Waals surface area contributed by atoms with Crippen LogP contribution in [-0.4, -0.2) is 13.7 Å². The van der Waals surface area contributed by atoms with Crippen molar-refractivity contribution in [2.75, 3.05) is 0 Å². The van der Waals surface area contributed by atoms with Crippen molar-refractivity contribution in [3.8, 4) is 0 Å². The minimum Gasteiger partial charge on any atom is -0.212 e. The van der Waals surface area contributed by atoms with E-state index in [2.05, 4.69) is 0 Å². The fourth-order valence-electron chi connectivity index (χ4n) is 2.75. The van der Waals surface area contributed by atoms with Gasteiger partial charge in [0.2, 0.25) is 9.05 Å². The summed E-state index contributed by atoms with van der Waals surface area (Å²) in [6.45, 7) is 0. The number of rotatable bonds is 2. The molecule has 82 valence electrons. The zero-order chi connectivity index (χ0) is 10.2. The molecular weight excluding hydrogens is 220 g/mol.